The molecule has 0 bridgehead atoms. The van der Waals surface area contributed by atoms with E-state index in [-0.39, 0.29) is 5.41 Å². The molecule has 3 nitrogen and oxygen atoms in total. The first-order valence-corrected chi connectivity index (χ1v) is 12.0. The van der Waals surface area contributed by atoms with E-state index in [1.54, 1.807) is 11.8 Å². The van der Waals surface area contributed by atoms with Gasteiger partial charge in [0.1, 0.15) is 0 Å². The third kappa shape index (κ3) is 4.66. The Morgan fingerprint density at radius 1 is 0.812 bits per heavy atom. The lowest BCUT2D eigenvalue weighted by Gasteiger charge is -2.22. The van der Waals surface area contributed by atoms with Crippen molar-refractivity contribution in [1.82, 2.24) is 14.8 Å². The van der Waals surface area contributed by atoms with Gasteiger partial charge in [0.2, 0.25) is 0 Å². The van der Waals surface area contributed by atoms with Crippen LogP contribution in [0.3, 0.4) is 0 Å². The quantitative estimate of drug-likeness (QED) is 0.301. The van der Waals surface area contributed by atoms with E-state index in [4.69, 9.17) is 0 Å². The van der Waals surface area contributed by atoms with Crippen LogP contribution in [0.15, 0.2) is 71.9 Å². The maximum absolute atomic E-state index is 4.61. The predicted molar refractivity (Wildman–Crippen MR) is 136 cm³/mol. The third-order valence-corrected chi connectivity index (χ3v) is 6.79. The Kier molecular flexibility index (Phi) is 6.25. The average Bonchev–Trinajstić information content (AvgIpc) is 3.17. The van der Waals surface area contributed by atoms with E-state index < -0.39 is 0 Å². The number of nitrogens with zero attached hydrogens (tertiary/aromatic N) is 3. The molecule has 0 saturated carbocycles. The van der Waals surface area contributed by atoms with Crippen molar-refractivity contribution < 1.29 is 0 Å². The Morgan fingerprint density at radius 2 is 1.50 bits per heavy atom. The van der Waals surface area contributed by atoms with Crippen LogP contribution >= 0.6 is 11.8 Å². The van der Waals surface area contributed by atoms with Crippen molar-refractivity contribution in [3.05, 3.63) is 94.5 Å². The molecule has 4 rings (SSSR count). The number of hydrogen-bond donors (Lipinski definition) is 0. The first-order valence-electron chi connectivity index (χ1n) is 11.1. The van der Waals surface area contributed by atoms with Gasteiger partial charge < -0.3 is 0 Å². The molecule has 4 aromatic rings. The Balaban J connectivity index is 1.71. The zero-order chi connectivity index (χ0) is 22.9. The van der Waals surface area contributed by atoms with Gasteiger partial charge in [0.05, 0.1) is 0 Å². The third-order valence-electron chi connectivity index (χ3n) is 5.83. The van der Waals surface area contributed by atoms with Crippen molar-refractivity contribution in [2.24, 2.45) is 0 Å². The van der Waals surface area contributed by atoms with Crippen molar-refractivity contribution in [2.45, 2.75) is 57.9 Å². The molecule has 0 spiro atoms. The molecule has 0 saturated heterocycles. The standard InChI is InChI=1S/C28H31N3S/c1-19-11-10-12-22(15-19)26-29-30-27(31(26)24-13-8-7-9-14-24)32-18-25-20(2)16-23(17-21(25)3)28(4,5)6/h7-17H,18H2,1-6H3. The SMILES string of the molecule is Cc1cccc(-c2nnc(SCc3c(C)cc(C(C)(C)C)cc3C)n2-c2ccccc2)c1. The second kappa shape index (κ2) is 8.95. The van der Waals surface area contributed by atoms with Crippen LogP contribution in [0.5, 0.6) is 0 Å². The average molecular weight is 442 g/mol. The van der Waals surface area contributed by atoms with E-state index in [9.17, 15) is 0 Å². The van der Waals surface area contributed by atoms with Crippen LogP contribution in [-0.4, -0.2) is 14.8 Å². The maximum atomic E-state index is 4.61. The first kappa shape index (κ1) is 22.3. The Morgan fingerprint density at radius 3 is 2.12 bits per heavy atom. The van der Waals surface area contributed by atoms with Crippen LogP contribution in [0.2, 0.25) is 0 Å². The molecule has 0 atom stereocenters. The molecule has 0 N–H and O–H groups in total. The lowest BCUT2D eigenvalue weighted by Crippen LogP contribution is -2.12. The van der Waals surface area contributed by atoms with Crippen molar-refractivity contribution in [2.75, 3.05) is 0 Å². The summed E-state index contributed by atoms with van der Waals surface area (Å²) in [6, 6.07) is 23.5. The van der Waals surface area contributed by atoms with Crippen LogP contribution in [0.1, 0.15) is 48.6 Å². The van der Waals surface area contributed by atoms with E-state index in [1.807, 2.05) is 6.07 Å². The molecule has 0 radical (unpaired) electrons. The zero-order valence-electron chi connectivity index (χ0n) is 19.8. The Labute approximate surface area is 195 Å². The fourth-order valence-corrected chi connectivity index (χ4v) is 5.08. The van der Waals surface area contributed by atoms with Gasteiger partial charge in [-0.05, 0) is 66.6 Å². The lowest BCUT2D eigenvalue weighted by atomic mass is 9.84. The number of benzene rings is 3. The first-order chi connectivity index (χ1) is 15.2. The smallest absolute Gasteiger partial charge is 0.196 e. The monoisotopic (exact) mass is 441 g/mol. The van der Waals surface area contributed by atoms with Crippen LogP contribution in [0.4, 0.5) is 0 Å². The normalized spacial score (nSPS) is 11.7. The molecular formula is C28H31N3S. The largest absolute Gasteiger partial charge is 0.270 e. The highest BCUT2D eigenvalue weighted by Gasteiger charge is 2.19. The molecule has 0 aliphatic carbocycles. The van der Waals surface area contributed by atoms with Crippen LogP contribution in [0.25, 0.3) is 17.1 Å². The van der Waals surface area contributed by atoms with Gasteiger partial charge >= 0.3 is 0 Å². The minimum Gasteiger partial charge on any atom is -0.270 e. The highest BCUT2D eigenvalue weighted by molar-refractivity contribution is 7.98. The van der Waals surface area contributed by atoms with Gasteiger partial charge in [-0.15, -0.1) is 10.2 Å². The summed E-state index contributed by atoms with van der Waals surface area (Å²) in [4.78, 5) is 0. The van der Waals surface area contributed by atoms with Crippen LogP contribution in [0, 0.1) is 20.8 Å². The van der Waals surface area contributed by atoms with Gasteiger partial charge in [-0.2, -0.15) is 0 Å². The molecule has 0 fully saturated rings. The van der Waals surface area contributed by atoms with Gasteiger partial charge in [-0.3, -0.25) is 4.57 Å². The molecule has 0 aliphatic heterocycles. The minimum atomic E-state index is 0.150. The Hall–Kier alpha value is -2.85. The number of hydrogen-bond acceptors (Lipinski definition) is 3. The van der Waals surface area contributed by atoms with Gasteiger partial charge in [-0.1, -0.05) is 86.6 Å². The van der Waals surface area contributed by atoms with Crippen molar-refractivity contribution in [3.63, 3.8) is 0 Å². The summed E-state index contributed by atoms with van der Waals surface area (Å²) in [6.45, 7) is 13.4. The molecule has 1 heterocycles. The number of aryl methyl sites for hydroxylation is 3. The molecule has 0 unspecified atom stereocenters. The van der Waals surface area contributed by atoms with Crippen molar-refractivity contribution >= 4 is 11.8 Å². The Bertz CT molecular complexity index is 1210. The molecule has 0 aliphatic rings. The van der Waals surface area contributed by atoms with E-state index in [0.29, 0.717) is 0 Å². The zero-order valence-corrected chi connectivity index (χ0v) is 20.6. The second-order valence-corrected chi connectivity index (χ2v) is 10.4. The molecule has 32 heavy (non-hydrogen) atoms. The molecule has 164 valence electrons. The number of para-hydroxylation sites is 1. The van der Waals surface area contributed by atoms with E-state index in [0.717, 1.165) is 28.0 Å². The lowest BCUT2D eigenvalue weighted by molar-refractivity contribution is 0.589. The van der Waals surface area contributed by atoms with Gasteiger partial charge in [-0.25, -0.2) is 0 Å². The summed E-state index contributed by atoms with van der Waals surface area (Å²) in [6.07, 6.45) is 0. The molecule has 3 aromatic carbocycles. The number of aromatic nitrogens is 3. The summed E-state index contributed by atoms with van der Waals surface area (Å²) in [7, 11) is 0. The van der Waals surface area contributed by atoms with E-state index in [2.05, 4.69) is 117 Å². The topological polar surface area (TPSA) is 30.7 Å². The summed E-state index contributed by atoms with van der Waals surface area (Å²) >= 11 is 1.75. The van der Waals surface area contributed by atoms with Crippen LogP contribution in [-0.2, 0) is 11.2 Å². The molecule has 1 aromatic heterocycles. The van der Waals surface area contributed by atoms with Crippen molar-refractivity contribution in [1.29, 1.82) is 0 Å². The fourth-order valence-electron chi connectivity index (χ4n) is 3.94. The van der Waals surface area contributed by atoms with Gasteiger partial charge in [0.15, 0.2) is 11.0 Å². The van der Waals surface area contributed by atoms with E-state index in [1.165, 1.54) is 27.8 Å². The van der Waals surface area contributed by atoms with E-state index >= 15 is 0 Å². The number of thioether (sulfide) groups is 1. The van der Waals surface area contributed by atoms with Crippen LogP contribution < -0.4 is 0 Å². The second-order valence-electron chi connectivity index (χ2n) is 9.47. The molecule has 4 heteroatoms. The number of rotatable bonds is 5. The highest BCUT2D eigenvalue weighted by Crippen LogP contribution is 2.33. The van der Waals surface area contributed by atoms with Gasteiger partial charge in [0, 0.05) is 17.0 Å². The van der Waals surface area contributed by atoms with Crippen molar-refractivity contribution in [3.8, 4) is 17.1 Å². The van der Waals surface area contributed by atoms with Gasteiger partial charge in [0.25, 0.3) is 0 Å². The maximum Gasteiger partial charge on any atom is 0.196 e. The summed E-state index contributed by atoms with van der Waals surface area (Å²) in [5, 5.41) is 10.1. The molecular weight excluding hydrogens is 410 g/mol. The highest BCUT2D eigenvalue weighted by atomic mass is 32.2. The minimum absolute atomic E-state index is 0.150. The predicted octanol–water partition coefficient (Wildman–Crippen LogP) is 7.45. The summed E-state index contributed by atoms with van der Waals surface area (Å²) in [5.41, 5.74) is 8.96. The molecule has 0 amide bonds. The summed E-state index contributed by atoms with van der Waals surface area (Å²) in [5.74, 6) is 1.74. The fraction of sp³-hybridized carbons (Fsp3) is 0.286. The summed E-state index contributed by atoms with van der Waals surface area (Å²) < 4.78 is 2.17.